The normalized spacial score (nSPS) is 10.5. The van der Waals surface area contributed by atoms with Gasteiger partial charge in [0.05, 0.1) is 17.5 Å². The van der Waals surface area contributed by atoms with Crippen LogP contribution in [0.15, 0.2) is 89.9 Å². The summed E-state index contributed by atoms with van der Waals surface area (Å²) in [5.41, 5.74) is 4.25. The molecule has 0 aliphatic rings. The number of hydrogen-bond donors (Lipinski definition) is 2. The first-order chi connectivity index (χ1) is 14.8. The highest BCUT2D eigenvalue weighted by Gasteiger charge is 2.09. The minimum atomic E-state index is -0.164. The first-order valence-corrected chi connectivity index (χ1v) is 9.78. The number of benzene rings is 1. The lowest BCUT2D eigenvalue weighted by Gasteiger charge is -2.12. The predicted octanol–water partition coefficient (Wildman–Crippen LogP) is 4.32. The second-order valence-electron chi connectivity index (χ2n) is 6.78. The molecular formula is C24H22N4O2. The van der Waals surface area contributed by atoms with Crippen LogP contribution in [-0.2, 0) is 13.0 Å². The molecule has 0 aliphatic heterocycles. The number of carbonyl (C=O) groups is 1. The molecule has 150 valence electrons. The zero-order valence-electron chi connectivity index (χ0n) is 16.4. The van der Waals surface area contributed by atoms with Gasteiger partial charge in [0.1, 0.15) is 5.76 Å². The molecule has 0 saturated heterocycles. The second kappa shape index (κ2) is 9.52. The number of rotatable bonds is 8. The Morgan fingerprint density at radius 2 is 1.90 bits per heavy atom. The standard InChI is InChI=1S/C24H22N4O2/c29-24(28-16-18-5-3-12-25-15-18)19-9-10-23(27-17-19)21-7-1-2-8-22(21)26-13-11-20-6-4-14-30-20/h1-10,12,14-15,17,26H,11,13,16H2,(H,28,29). The lowest BCUT2D eigenvalue weighted by molar-refractivity contribution is 0.0950. The Morgan fingerprint density at radius 3 is 2.67 bits per heavy atom. The summed E-state index contributed by atoms with van der Waals surface area (Å²) in [5.74, 6) is 0.780. The monoisotopic (exact) mass is 398 g/mol. The molecule has 0 unspecified atom stereocenters. The zero-order valence-corrected chi connectivity index (χ0v) is 16.4. The molecule has 1 aromatic carbocycles. The number of hydrogen-bond acceptors (Lipinski definition) is 5. The number of anilines is 1. The van der Waals surface area contributed by atoms with Crippen molar-refractivity contribution in [2.75, 3.05) is 11.9 Å². The third-order valence-corrected chi connectivity index (χ3v) is 4.67. The second-order valence-corrected chi connectivity index (χ2v) is 6.78. The maximum atomic E-state index is 12.4. The van der Waals surface area contributed by atoms with Crippen LogP contribution in [0.4, 0.5) is 5.69 Å². The molecule has 0 radical (unpaired) electrons. The highest BCUT2D eigenvalue weighted by molar-refractivity contribution is 5.94. The van der Waals surface area contributed by atoms with Crippen LogP contribution in [0.2, 0.25) is 0 Å². The third kappa shape index (κ3) is 4.91. The number of carbonyl (C=O) groups excluding carboxylic acids is 1. The van der Waals surface area contributed by atoms with Gasteiger partial charge in [-0.3, -0.25) is 14.8 Å². The van der Waals surface area contributed by atoms with E-state index in [0.29, 0.717) is 12.1 Å². The van der Waals surface area contributed by atoms with E-state index in [1.165, 1.54) is 0 Å². The molecule has 4 aromatic rings. The fourth-order valence-electron chi connectivity index (χ4n) is 3.11. The molecule has 0 fully saturated rings. The van der Waals surface area contributed by atoms with Crippen LogP contribution < -0.4 is 10.6 Å². The quantitative estimate of drug-likeness (QED) is 0.462. The van der Waals surface area contributed by atoms with Crippen molar-refractivity contribution in [3.8, 4) is 11.3 Å². The third-order valence-electron chi connectivity index (χ3n) is 4.67. The van der Waals surface area contributed by atoms with Gasteiger partial charge in [-0.15, -0.1) is 0 Å². The number of aromatic nitrogens is 2. The summed E-state index contributed by atoms with van der Waals surface area (Å²) in [6.45, 7) is 1.18. The van der Waals surface area contributed by atoms with Crippen molar-refractivity contribution in [1.82, 2.24) is 15.3 Å². The van der Waals surface area contributed by atoms with Crippen LogP contribution >= 0.6 is 0 Å². The SMILES string of the molecule is O=C(NCc1cccnc1)c1ccc(-c2ccccc2NCCc2ccco2)nc1. The summed E-state index contributed by atoms with van der Waals surface area (Å²) >= 11 is 0. The predicted molar refractivity (Wildman–Crippen MR) is 116 cm³/mol. The molecule has 0 aliphatic carbocycles. The summed E-state index contributed by atoms with van der Waals surface area (Å²) in [7, 11) is 0. The van der Waals surface area contributed by atoms with Crippen LogP contribution in [-0.4, -0.2) is 22.4 Å². The zero-order chi connectivity index (χ0) is 20.6. The molecule has 4 rings (SSSR count). The smallest absolute Gasteiger partial charge is 0.253 e. The van der Waals surface area contributed by atoms with Gasteiger partial charge in [-0.2, -0.15) is 0 Å². The van der Waals surface area contributed by atoms with E-state index in [2.05, 4.69) is 20.6 Å². The number of para-hydroxylation sites is 1. The van der Waals surface area contributed by atoms with E-state index in [-0.39, 0.29) is 5.91 Å². The topological polar surface area (TPSA) is 80.0 Å². The molecule has 3 aromatic heterocycles. The molecule has 6 nitrogen and oxygen atoms in total. The van der Waals surface area contributed by atoms with Crippen molar-refractivity contribution in [3.05, 3.63) is 102 Å². The van der Waals surface area contributed by atoms with Gasteiger partial charge >= 0.3 is 0 Å². The van der Waals surface area contributed by atoms with Gasteiger partial charge in [-0.1, -0.05) is 24.3 Å². The van der Waals surface area contributed by atoms with Gasteiger partial charge in [0, 0.05) is 49.4 Å². The van der Waals surface area contributed by atoms with Gasteiger partial charge < -0.3 is 15.1 Å². The van der Waals surface area contributed by atoms with E-state index < -0.39 is 0 Å². The van der Waals surface area contributed by atoms with Crippen LogP contribution in [0.1, 0.15) is 21.7 Å². The molecule has 1 amide bonds. The minimum absolute atomic E-state index is 0.164. The van der Waals surface area contributed by atoms with E-state index in [0.717, 1.165) is 41.2 Å². The fraction of sp³-hybridized carbons (Fsp3) is 0.125. The van der Waals surface area contributed by atoms with Crippen LogP contribution in [0.25, 0.3) is 11.3 Å². The molecule has 6 heteroatoms. The summed E-state index contributed by atoms with van der Waals surface area (Å²) in [4.78, 5) is 21.0. The average Bonchev–Trinajstić information content (AvgIpc) is 3.32. The van der Waals surface area contributed by atoms with Crippen LogP contribution in [0.3, 0.4) is 0 Å². The Labute approximate surface area is 175 Å². The number of nitrogens with zero attached hydrogens (tertiary/aromatic N) is 2. The Hall–Kier alpha value is -3.93. The summed E-state index contributed by atoms with van der Waals surface area (Å²) in [6, 6.07) is 19.3. The van der Waals surface area contributed by atoms with Crippen molar-refractivity contribution in [1.29, 1.82) is 0 Å². The van der Waals surface area contributed by atoms with Crippen LogP contribution in [0.5, 0.6) is 0 Å². The Bertz CT molecular complexity index is 1080. The van der Waals surface area contributed by atoms with E-state index >= 15 is 0 Å². The molecule has 0 saturated carbocycles. The van der Waals surface area contributed by atoms with Gasteiger partial charge in [-0.25, -0.2) is 0 Å². The molecule has 30 heavy (non-hydrogen) atoms. The van der Waals surface area contributed by atoms with E-state index in [4.69, 9.17) is 4.42 Å². The van der Waals surface area contributed by atoms with E-state index in [1.807, 2.05) is 54.6 Å². The number of pyridine rings is 2. The van der Waals surface area contributed by atoms with Crippen molar-refractivity contribution >= 4 is 11.6 Å². The molecule has 0 bridgehead atoms. The van der Waals surface area contributed by atoms with Gasteiger partial charge in [0.15, 0.2) is 0 Å². The Balaban J connectivity index is 1.40. The van der Waals surface area contributed by atoms with E-state index in [9.17, 15) is 4.79 Å². The number of nitrogens with one attached hydrogen (secondary N) is 2. The van der Waals surface area contributed by atoms with Crippen molar-refractivity contribution < 1.29 is 9.21 Å². The van der Waals surface area contributed by atoms with Crippen LogP contribution in [0, 0.1) is 0 Å². The largest absolute Gasteiger partial charge is 0.469 e. The van der Waals surface area contributed by atoms with Crippen molar-refractivity contribution in [2.45, 2.75) is 13.0 Å². The fourth-order valence-corrected chi connectivity index (χ4v) is 3.11. The minimum Gasteiger partial charge on any atom is -0.469 e. The Kier molecular flexibility index (Phi) is 6.15. The van der Waals surface area contributed by atoms with Crippen molar-refractivity contribution in [2.24, 2.45) is 0 Å². The summed E-state index contributed by atoms with van der Waals surface area (Å²) in [5, 5.41) is 6.33. The summed E-state index contributed by atoms with van der Waals surface area (Å²) in [6.07, 6.45) is 7.52. The highest BCUT2D eigenvalue weighted by atomic mass is 16.3. The van der Waals surface area contributed by atoms with Gasteiger partial charge in [0.25, 0.3) is 5.91 Å². The average molecular weight is 398 g/mol. The molecule has 0 atom stereocenters. The maximum Gasteiger partial charge on any atom is 0.253 e. The number of furan rings is 1. The van der Waals surface area contributed by atoms with E-state index in [1.54, 1.807) is 30.9 Å². The molecular weight excluding hydrogens is 376 g/mol. The lowest BCUT2D eigenvalue weighted by Crippen LogP contribution is -2.22. The highest BCUT2D eigenvalue weighted by Crippen LogP contribution is 2.26. The summed E-state index contributed by atoms with van der Waals surface area (Å²) < 4.78 is 5.38. The van der Waals surface area contributed by atoms with Gasteiger partial charge in [-0.05, 0) is 42.0 Å². The molecule has 3 heterocycles. The molecule has 0 spiro atoms. The molecule has 2 N–H and O–H groups in total. The lowest BCUT2D eigenvalue weighted by atomic mass is 10.1. The van der Waals surface area contributed by atoms with Gasteiger partial charge in [0.2, 0.25) is 0 Å². The first kappa shape index (κ1) is 19.4. The first-order valence-electron chi connectivity index (χ1n) is 9.78. The van der Waals surface area contributed by atoms with Crippen molar-refractivity contribution in [3.63, 3.8) is 0 Å². The number of amides is 1. The Morgan fingerprint density at radius 1 is 0.967 bits per heavy atom. The maximum absolute atomic E-state index is 12.4.